The van der Waals surface area contributed by atoms with Crippen LogP contribution in [0.3, 0.4) is 0 Å². The molecular weight excluding hydrogens is 324 g/mol. The van der Waals surface area contributed by atoms with Crippen LogP contribution in [0.15, 0.2) is 30.5 Å². The third-order valence-corrected chi connectivity index (χ3v) is 4.86. The minimum absolute atomic E-state index is 0.146. The van der Waals surface area contributed by atoms with E-state index >= 15 is 0 Å². The maximum Gasteiger partial charge on any atom is 0.224 e. The smallest absolute Gasteiger partial charge is 0.224 e. The highest BCUT2D eigenvalue weighted by Gasteiger charge is 2.47. The molecule has 0 bridgehead atoms. The summed E-state index contributed by atoms with van der Waals surface area (Å²) in [7, 11) is 3.95. The van der Waals surface area contributed by atoms with Crippen molar-refractivity contribution in [2.45, 2.75) is 26.6 Å². The lowest BCUT2D eigenvalue weighted by Gasteiger charge is -2.44. The number of aromatic nitrogens is 2. The highest BCUT2D eigenvalue weighted by Crippen LogP contribution is 2.45. The first-order chi connectivity index (χ1) is 11.1. The Balaban J connectivity index is 1.96. The molecule has 6 nitrogen and oxygen atoms in total. The molecular formula is C17H23ClN6. The van der Waals surface area contributed by atoms with E-state index in [9.17, 15) is 0 Å². The molecule has 7 heteroatoms. The van der Waals surface area contributed by atoms with Crippen molar-refractivity contribution < 1.29 is 0 Å². The SMILES string of the molecule is CN(c1ccc2c(c1)NC(N)(C(C)(C)C)N2C)c1ccnc(Cl)n1. The maximum atomic E-state index is 6.65. The summed E-state index contributed by atoms with van der Waals surface area (Å²) in [6, 6.07) is 8.00. The number of halogens is 1. The van der Waals surface area contributed by atoms with Crippen molar-refractivity contribution in [1.82, 2.24) is 9.97 Å². The van der Waals surface area contributed by atoms with Gasteiger partial charge in [-0.2, -0.15) is 0 Å². The molecule has 0 spiro atoms. The average molecular weight is 347 g/mol. The fourth-order valence-electron chi connectivity index (χ4n) is 2.94. The summed E-state index contributed by atoms with van der Waals surface area (Å²) in [5, 5.41) is 3.71. The highest BCUT2D eigenvalue weighted by atomic mass is 35.5. The van der Waals surface area contributed by atoms with Gasteiger partial charge in [0.25, 0.3) is 0 Å². The van der Waals surface area contributed by atoms with E-state index in [1.807, 2.05) is 31.1 Å². The molecule has 0 radical (unpaired) electrons. The van der Waals surface area contributed by atoms with E-state index in [-0.39, 0.29) is 10.7 Å². The van der Waals surface area contributed by atoms with E-state index in [4.69, 9.17) is 17.3 Å². The normalized spacial score (nSPS) is 19.9. The van der Waals surface area contributed by atoms with E-state index in [0.717, 1.165) is 22.9 Å². The van der Waals surface area contributed by atoms with Gasteiger partial charge in [0.1, 0.15) is 5.82 Å². The minimum atomic E-state index is -0.648. The Morgan fingerprint density at radius 2 is 2.00 bits per heavy atom. The predicted molar refractivity (Wildman–Crippen MR) is 99.9 cm³/mol. The zero-order valence-electron chi connectivity index (χ0n) is 14.6. The van der Waals surface area contributed by atoms with Crippen molar-refractivity contribution in [2.24, 2.45) is 11.1 Å². The molecule has 0 saturated heterocycles. The summed E-state index contributed by atoms with van der Waals surface area (Å²) in [5.74, 6) is 0.0845. The van der Waals surface area contributed by atoms with E-state index < -0.39 is 5.79 Å². The Bertz CT molecular complexity index is 772. The zero-order chi connectivity index (χ0) is 17.7. The molecule has 3 rings (SSSR count). The Morgan fingerprint density at radius 3 is 2.62 bits per heavy atom. The van der Waals surface area contributed by atoms with E-state index in [0.29, 0.717) is 0 Å². The van der Waals surface area contributed by atoms with Crippen molar-refractivity contribution in [3.8, 4) is 0 Å². The van der Waals surface area contributed by atoms with Gasteiger partial charge in [0, 0.05) is 31.4 Å². The van der Waals surface area contributed by atoms with Gasteiger partial charge in [-0.3, -0.25) is 5.73 Å². The molecule has 1 aliphatic rings. The first-order valence-corrected chi connectivity index (χ1v) is 8.18. The van der Waals surface area contributed by atoms with Gasteiger partial charge < -0.3 is 15.1 Å². The first-order valence-electron chi connectivity index (χ1n) is 7.81. The van der Waals surface area contributed by atoms with Crippen molar-refractivity contribution >= 4 is 34.5 Å². The first kappa shape index (κ1) is 16.8. The van der Waals surface area contributed by atoms with Crippen LogP contribution in [0.4, 0.5) is 22.9 Å². The average Bonchev–Trinajstić information content (AvgIpc) is 2.78. The largest absolute Gasteiger partial charge is 0.348 e. The molecule has 0 amide bonds. The molecule has 2 heterocycles. The number of fused-ring (bicyclic) bond motifs is 1. The summed E-state index contributed by atoms with van der Waals surface area (Å²) in [5.41, 5.74) is 9.57. The van der Waals surface area contributed by atoms with Gasteiger partial charge in [-0.15, -0.1) is 0 Å². The van der Waals surface area contributed by atoms with Gasteiger partial charge in [0.05, 0.1) is 11.4 Å². The Kier molecular flexibility index (Phi) is 3.85. The molecule has 24 heavy (non-hydrogen) atoms. The molecule has 0 saturated carbocycles. The third-order valence-electron chi connectivity index (χ3n) is 4.68. The van der Waals surface area contributed by atoms with E-state index in [2.05, 4.69) is 53.1 Å². The van der Waals surface area contributed by atoms with Crippen LogP contribution in [0.25, 0.3) is 0 Å². The van der Waals surface area contributed by atoms with Gasteiger partial charge in [-0.1, -0.05) is 20.8 Å². The molecule has 1 aromatic carbocycles. The van der Waals surface area contributed by atoms with Gasteiger partial charge in [-0.05, 0) is 35.9 Å². The summed E-state index contributed by atoms with van der Waals surface area (Å²) in [4.78, 5) is 12.2. The second kappa shape index (κ2) is 5.50. The third kappa shape index (κ3) is 2.56. The second-order valence-corrected chi connectivity index (χ2v) is 7.48. The van der Waals surface area contributed by atoms with Crippen LogP contribution >= 0.6 is 11.6 Å². The number of hydrogen-bond donors (Lipinski definition) is 2. The van der Waals surface area contributed by atoms with Crippen LogP contribution in [0.1, 0.15) is 20.8 Å². The number of anilines is 4. The lowest BCUT2D eigenvalue weighted by molar-refractivity contribution is 0.224. The molecule has 128 valence electrons. The molecule has 0 aliphatic carbocycles. The van der Waals surface area contributed by atoms with Gasteiger partial charge in [-0.25, -0.2) is 9.97 Å². The zero-order valence-corrected chi connectivity index (χ0v) is 15.4. The number of nitrogens with one attached hydrogen (secondary N) is 1. The van der Waals surface area contributed by atoms with Crippen LogP contribution in [-0.4, -0.2) is 29.9 Å². The quantitative estimate of drug-likeness (QED) is 0.812. The standard InChI is InChI=1S/C17H23ClN6/c1-16(2,3)17(19)22-12-10-11(6-7-13(12)24(17)5)23(4)14-8-9-20-15(18)21-14/h6-10,22H,19H2,1-5H3. The number of hydrogen-bond acceptors (Lipinski definition) is 6. The second-order valence-electron chi connectivity index (χ2n) is 7.14. The molecule has 2 aromatic rings. The fourth-order valence-corrected chi connectivity index (χ4v) is 3.08. The van der Waals surface area contributed by atoms with E-state index in [1.54, 1.807) is 6.20 Å². The lowest BCUT2D eigenvalue weighted by atomic mass is 9.87. The monoisotopic (exact) mass is 346 g/mol. The summed E-state index contributed by atoms with van der Waals surface area (Å²) < 4.78 is 0. The number of rotatable bonds is 2. The van der Waals surface area contributed by atoms with Crippen LogP contribution in [0.2, 0.25) is 5.28 Å². The van der Waals surface area contributed by atoms with Crippen LogP contribution in [-0.2, 0) is 0 Å². The molecule has 1 unspecified atom stereocenters. The molecule has 1 aromatic heterocycles. The number of nitrogens with zero attached hydrogens (tertiary/aromatic N) is 4. The van der Waals surface area contributed by atoms with Crippen LogP contribution in [0.5, 0.6) is 0 Å². The summed E-state index contributed by atoms with van der Waals surface area (Å²) in [6.07, 6.45) is 1.64. The summed E-state index contributed by atoms with van der Waals surface area (Å²) >= 11 is 5.89. The van der Waals surface area contributed by atoms with Gasteiger partial charge in [0.2, 0.25) is 5.28 Å². The predicted octanol–water partition coefficient (Wildman–Crippen LogP) is 3.42. The minimum Gasteiger partial charge on any atom is -0.348 e. The number of nitrogens with two attached hydrogens (primary N) is 1. The Hall–Kier alpha value is -2.05. The van der Waals surface area contributed by atoms with Crippen molar-refractivity contribution in [3.63, 3.8) is 0 Å². The molecule has 1 atom stereocenters. The topological polar surface area (TPSA) is 70.3 Å². The lowest BCUT2D eigenvalue weighted by Crippen LogP contribution is -2.65. The van der Waals surface area contributed by atoms with E-state index in [1.165, 1.54) is 0 Å². The van der Waals surface area contributed by atoms with Crippen molar-refractivity contribution in [1.29, 1.82) is 0 Å². The van der Waals surface area contributed by atoms with Crippen molar-refractivity contribution in [2.75, 3.05) is 29.2 Å². The summed E-state index contributed by atoms with van der Waals surface area (Å²) in [6.45, 7) is 6.37. The Morgan fingerprint density at radius 1 is 1.29 bits per heavy atom. The fraction of sp³-hybridized carbons (Fsp3) is 0.412. The maximum absolute atomic E-state index is 6.65. The van der Waals surface area contributed by atoms with Crippen LogP contribution < -0.4 is 20.9 Å². The van der Waals surface area contributed by atoms with Gasteiger partial charge >= 0.3 is 0 Å². The molecule has 0 fully saturated rings. The molecule has 3 N–H and O–H groups in total. The number of benzene rings is 1. The van der Waals surface area contributed by atoms with Crippen molar-refractivity contribution in [3.05, 3.63) is 35.7 Å². The van der Waals surface area contributed by atoms with Gasteiger partial charge in [0.15, 0.2) is 5.79 Å². The van der Waals surface area contributed by atoms with Crippen LogP contribution in [0, 0.1) is 5.41 Å². The molecule has 1 aliphatic heterocycles. The Labute approximate surface area is 147 Å². The highest BCUT2D eigenvalue weighted by molar-refractivity contribution is 6.28.